The number of ketones is 1. The molecule has 2 aromatic rings. The van der Waals surface area contributed by atoms with Crippen LogP contribution < -0.4 is 0 Å². The molecule has 7 heteroatoms. The van der Waals surface area contributed by atoms with E-state index in [1.165, 1.54) is 0 Å². The van der Waals surface area contributed by atoms with E-state index in [0.717, 1.165) is 27.6 Å². The molecule has 1 aliphatic rings. The van der Waals surface area contributed by atoms with Crippen LogP contribution in [0.3, 0.4) is 0 Å². The van der Waals surface area contributed by atoms with Gasteiger partial charge in [-0.25, -0.2) is 4.79 Å². The number of carbonyl (C=O) groups is 2. The normalized spacial score (nSPS) is 15.5. The first-order valence-corrected chi connectivity index (χ1v) is 9.23. The van der Waals surface area contributed by atoms with Gasteiger partial charge in [0.2, 0.25) is 5.78 Å². The van der Waals surface area contributed by atoms with E-state index in [4.69, 9.17) is 22.3 Å². The molecule has 0 fully saturated rings. The zero-order chi connectivity index (χ0) is 16.6. The Hall–Kier alpha value is -1.40. The smallest absolute Gasteiger partial charge is 0.337 e. The van der Waals surface area contributed by atoms with E-state index in [1.54, 1.807) is 42.5 Å². The number of carboxylic acid groups (broad SMARTS) is 1. The number of carboxylic acids is 1. The molecule has 3 rings (SSSR count). The monoisotopic (exact) mass is 382 g/mol. The maximum Gasteiger partial charge on any atom is 0.337 e. The first kappa shape index (κ1) is 16.5. The number of thioether (sulfide) groups is 1. The predicted octanol–water partition coefficient (Wildman–Crippen LogP) is 5.37. The molecule has 0 radical (unpaired) electrons. The zero-order valence-electron chi connectivity index (χ0n) is 11.4. The van der Waals surface area contributed by atoms with Gasteiger partial charge in [0, 0.05) is 20.4 Å². The van der Waals surface area contributed by atoms with Crippen LogP contribution in [0, 0.1) is 0 Å². The van der Waals surface area contributed by atoms with Crippen molar-refractivity contribution in [3.63, 3.8) is 0 Å². The third-order valence-electron chi connectivity index (χ3n) is 3.28. The molecule has 23 heavy (non-hydrogen) atoms. The van der Waals surface area contributed by atoms with Gasteiger partial charge in [0.05, 0.1) is 10.5 Å². The second kappa shape index (κ2) is 6.61. The third kappa shape index (κ3) is 3.15. The second-order valence-electron chi connectivity index (χ2n) is 4.68. The summed E-state index contributed by atoms with van der Waals surface area (Å²) >= 11 is 7.07. The highest BCUT2D eigenvalue weighted by Gasteiger charge is 2.31. The lowest BCUT2D eigenvalue weighted by Crippen LogP contribution is -2.06. The molecule has 0 saturated heterocycles. The molecule has 0 saturated carbocycles. The van der Waals surface area contributed by atoms with Gasteiger partial charge in [-0.05, 0) is 57.6 Å². The summed E-state index contributed by atoms with van der Waals surface area (Å²) in [6, 6.07) is 11.7. The lowest BCUT2D eigenvalue weighted by molar-refractivity contribution is -0.130. The highest BCUT2D eigenvalue weighted by Crippen LogP contribution is 2.44. The minimum absolute atomic E-state index is 0.0153. The number of fused-ring (bicyclic) bond motifs is 1. The highest BCUT2D eigenvalue weighted by atomic mass is 35.7. The molecule has 0 spiro atoms. The molecule has 0 aromatic heterocycles. The van der Waals surface area contributed by atoms with Crippen LogP contribution in [-0.4, -0.2) is 16.9 Å². The van der Waals surface area contributed by atoms with Gasteiger partial charge in [0.25, 0.3) is 0 Å². The SMILES string of the molecule is O=C(O)C(=C1Sc2ccc(Cl)cc2C1=O)c1ccc(SCl)cc1. The fourth-order valence-corrected chi connectivity index (χ4v) is 4.08. The Labute approximate surface area is 150 Å². The Kier molecular flexibility index (Phi) is 4.73. The molecule has 0 atom stereocenters. The maximum atomic E-state index is 12.6. The molecule has 116 valence electrons. The van der Waals surface area contributed by atoms with Crippen molar-refractivity contribution in [3.8, 4) is 0 Å². The van der Waals surface area contributed by atoms with Gasteiger partial charge in [-0.2, -0.15) is 0 Å². The van der Waals surface area contributed by atoms with Crippen molar-refractivity contribution in [2.75, 3.05) is 0 Å². The number of hydrogen-bond acceptors (Lipinski definition) is 4. The van der Waals surface area contributed by atoms with E-state index in [2.05, 4.69) is 0 Å². The van der Waals surface area contributed by atoms with Crippen molar-refractivity contribution in [1.82, 2.24) is 0 Å². The Morgan fingerprint density at radius 2 is 1.83 bits per heavy atom. The van der Waals surface area contributed by atoms with Crippen molar-refractivity contribution < 1.29 is 14.7 Å². The summed E-state index contributed by atoms with van der Waals surface area (Å²) < 4.78 is 0. The van der Waals surface area contributed by atoms with Gasteiger partial charge in [-0.1, -0.05) is 35.5 Å². The number of benzene rings is 2. The minimum Gasteiger partial charge on any atom is -0.478 e. The van der Waals surface area contributed by atoms with Gasteiger partial charge >= 0.3 is 5.97 Å². The molecule has 0 unspecified atom stereocenters. The van der Waals surface area contributed by atoms with Crippen LogP contribution in [0.1, 0.15) is 15.9 Å². The molecule has 0 bridgehead atoms. The summed E-state index contributed by atoms with van der Waals surface area (Å²) in [4.78, 5) is 26.0. The van der Waals surface area contributed by atoms with E-state index in [-0.39, 0.29) is 16.3 Å². The summed E-state index contributed by atoms with van der Waals surface area (Å²) in [5.41, 5.74) is 0.879. The molecule has 0 amide bonds. The van der Waals surface area contributed by atoms with Crippen LogP contribution in [0.15, 0.2) is 57.2 Å². The van der Waals surface area contributed by atoms with Crippen LogP contribution in [-0.2, 0) is 4.79 Å². The molecule has 0 aliphatic carbocycles. The number of carbonyl (C=O) groups excluding carboxylic acids is 1. The van der Waals surface area contributed by atoms with Crippen LogP contribution in [0.25, 0.3) is 5.57 Å². The van der Waals surface area contributed by atoms with Crippen LogP contribution in [0.4, 0.5) is 0 Å². The Morgan fingerprint density at radius 1 is 1.13 bits per heavy atom. The lowest BCUT2D eigenvalue weighted by Gasteiger charge is -2.06. The summed E-state index contributed by atoms with van der Waals surface area (Å²) in [6.07, 6.45) is 0. The number of allylic oxidation sites excluding steroid dienone is 1. The van der Waals surface area contributed by atoms with E-state index in [9.17, 15) is 14.7 Å². The summed E-state index contributed by atoms with van der Waals surface area (Å²) in [5, 5.41) is 10.0. The molecular weight excluding hydrogens is 375 g/mol. The molecule has 1 aliphatic heterocycles. The van der Waals surface area contributed by atoms with Crippen molar-refractivity contribution in [3.05, 3.63) is 63.5 Å². The molecule has 3 nitrogen and oxygen atoms in total. The van der Waals surface area contributed by atoms with Crippen molar-refractivity contribution in [2.24, 2.45) is 0 Å². The van der Waals surface area contributed by atoms with Crippen LogP contribution >= 0.6 is 45.0 Å². The standard InChI is InChI=1S/C16H8Cl2O3S2/c17-9-3-6-12-11(7-9)14(19)15(22-12)13(16(20)21)8-1-4-10(23-18)5-2-8/h1-7H,(H,20,21). The number of halogens is 2. The van der Waals surface area contributed by atoms with Crippen LogP contribution in [0.5, 0.6) is 0 Å². The number of Topliss-reactive ketones (excluding diaryl/α,β-unsaturated/α-hetero) is 1. The summed E-state index contributed by atoms with van der Waals surface area (Å²) in [7, 11) is 6.71. The van der Waals surface area contributed by atoms with E-state index in [1.807, 2.05) is 0 Å². The van der Waals surface area contributed by atoms with Gasteiger partial charge in [-0.15, -0.1) is 0 Å². The molecular formula is C16H8Cl2O3S2. The highest BCUT2D eigenvalue weighted by molar-refractivity contribution is 8.21. The van der Waals surface area contributed by atoms with E-state index < -0.39 is 5.97 Å². The van der Waals surface area contributed by atoms with E-state index >= 15 is 0 Å². The Morgan fingerprint density at radius 3 is 2.43 bits per heavy atom. The van der Waals surface area contributed by atoms with E-state index in [0.29, 0.717) is 21.0 Å². The van der Waals surface area contributed by atoms with Crippen molar-refractivity contribution in [2.45, 2.75) is 9.79 Å². The predicted molar refractivity (Wildman–Crippen MR) is 94.3 cm³/mol. The maximum absolute atomic E-state index is 12.6. The fourth-order valence-electron chi connectivity index (χ4n) is 2.24. The van der Waals surface area contributed by atoms with Crippen molar-refractivity contribution >= 4 is 62.3 Å². The number of rotatable bonds is 3. The molecule has 2 aromatic carbocycles. The van der Waals surface area contributed by atoms with Crippen molar-refractivity contribution in [1.29, 1.82) is 0 Å². The quantitative estimate of drug-likeness (QED) is 0.722. The van der Waals surface area contributed by atoms with Gasteiger partial charge in [0.15, 0.2) is 0 Å². The van der Waals surface area contributed by atoms with Gasteiger partial charge in [-0.3, -0.25) is 4.79 Å². The van der Waals surface area contributed by atoms with Crippen LogP contribution in [0.2, 0.25) is 5.02 Å². The van der Waals surface area contributed by atoms with Gasteiger partial charge < -0.3 is 5.11 Å². The lowest BCUT2D eigenvalue weighted by atomic mass is 10.0. The Bertz CT molecular complexity index is 845. The minimum atomic E-state index is -1.15. The summed E-state index contributed by atoms with van der Waals surface area (Å²) in [5.74, 6) is -1.47. The largest absolute Gasteiger partial charge is 0.478 e. The Balaban J connectivity index is 2.12. The molecule has 1 N–H and O–H groups in total. The summed E-state index contributed by atoms with van der Waals surface area (Å²) in [6.45, 7) is 0. The average molecular weight is 383 g/mol. The topological polar surface area (TPSA) is 54.4 Å². The average Bonchev–Trinajstić information content (AvgIpc) is 2.85. The molecule has 1 heterocycles. The second-order valence-corrected chi connectivity index (χ2v) is 7.26. The first-order valence-electron chi connectivity index (χ1n) is 6.40. The number of hydrogen-bond donors (Lipinski definition) is 1. The number of aliphatic carboxylic acids is 1. The third-order valence-corrected chi connectivity index (χ3v) is 5.67. The fraction of sp³-hybridized carbons (Fsp3) is 0. The first-order chi connectivity index (χ1) is 11.0. The van der Waals surface area contributed by atoms with Gasteiger partial charge in [0.1, 0.15) is 0 Å². The zero-order valence-corrected chi connectivity index (χ0v) is 14.5.